The molecular formula is C14H18N2O4S. The lowest BCUT2D eigenvalue weighted by molar-refractivity contribution is -0.385. The summed E-state index contributed by atoms with van der Waals surface area (Å²) < 4.78 is 0. The zero-order valence-electron chi connectivity index (χ0n) is 11.7. The third-order valence-electron chi connectivity index (χ3n) is 3.58. The molecule has 0 bridgehead atoms. The molecule has 1 aromatic rings. The predicted molar refractivity (Wildman–Crippen MR) is 83.2 cm³/mol. The lowest BCUT2D eigenvalue weighted by Gasteiger charge is -2.15. The second kappa shape index (κ2) is 6.80. The van der Waals surface area contributed by atoms with E-state index in [1.807, 2.05) is 11.8 Å². The van der Waals surface area contributed by atoms with Crippen LogP contribution < -0.4 is 5.32 Å². The van der Waals surface area contributed by atoms with Gasteiger partial charge in [0.25, 0.3) is 5.69 Å². The summed E-state index contributed by atoms with van der Waals surface area (Å²) in [5.74, 6) is -0.186. The molecule has 0 aromatic heterocycles. The molecule has 0 saturated heterocycles. The second-order valence-corrected chi connectivity index (χ2v) is 6.60. The van der Waals surface area contributed by atoms with Crippen LogP contribution in [0, 0.1) is 10.1 Å². The molecule has 6 nitrogen and oxygen atoms in total. The number of nitro benzene ring substituents is 1. The molecule has 1 aromatic carbocycles. The number of hydrogen-bond donors (Lipinski definition) is 2. The van der Waals surface area contributed by atoms with Gasteiger partial charge in [-0.1, -0.05) is 6.92 Å². The van der Waals surface area contributed by atoms with Gasteiger partial charge in [-0.15, -0.1) is 0 Å². The van der Waals surface area contributed by atoms with Crippen LogP contribution in [0.1, 0.15) is 36.5 Å². The monoisotopic (exact) mass is 310 g/mol. The fourth-order valence-corrected chi connectivity index (χ4v) is 3.79. The third-order valence-corrected chi connectivity index (χ3v) is 4.81. The van der Waals surface area contributed by atoms with Crippen LogP contribution in [0.4, 0.5) is 11.4 Å². The highest BCUT2D eigenvalue weighted by Crippen LogP contribution is 2.32. The first kappa shape index (κ1) is 15.6. The first-order valence-corrected chi connectivity index (χ1v) is 7.96. The SMILES string of the molecule is CCSC1CCC(Nc2ccc([N+](=O)[O-])c(C(=O)O)c2)C1. The molecule has 0 spiro atoms. The number of carboxylic acid groups (broad SMARTS) is 1. The number of nitrogens with zero attached hydrogens (tertiary/aromatic N) is 1. The average molecular weight is 310 g/mol. The lowest BCUT2D eigenvalue weighted by Crippen LogP contribution is -2.16. The Balaban J connectivity index is 2.09. The van der Waals surface area contributed by atoms with E-state index >= 15 is 0 Å². The summed E-state index contributed by atoms with van der Waals surface area (Å²) in [4.78, 5) is 21.3. The van der Waals surface area contributed by atoms with E-state index in [1.54, 1.807) is 6.07 Å². The van der Waals surface area contributed by atoms with Gasteiger partial charge in [0.15, 0.2) is 0 Å². The number of nitrogens with one attached hydrogen (secondary N) is 1. The molecule has 114 valence electrons. The molecule has 0 amide bonds. The fourth-order valence-electron chi connectivity index (χ4n) is 2.65. The summed E-state index contributed by atoms with van der Waals surface area (Å²) in [5.41, 5.74) is -0.0217. The highest BCUT2D eigenvalue weighted by molar-refractivity contribution is 7.99. The molecule has 2 rings (SSSR count). The highest BCUT2D eigenvalue weighted by atomic mass is 32.2. The van der Waals surface area contributed by atoms with Gasteiger partial charge in [-0.05, 0) is 37.1 Å². The molecule has 2 atom stereocenters. The molecule has 1 aliphatic carbocycles. The summed E-state index contributed by atoms with van der Waals surface area (Å²) in [6.07, 6.45) is 3.23. The predicted octanol–water partition coefficient (Wildman–Crippen LogP) is 3.38. The van der Waals surface area contributed by atoms with Gasteiger partial charge in [0.05, 0.1) is 4.92 Å². The molecule has 0 heterocycles. The molecule has 1 fully saturated rings. The molecule has 1 saturated carbocycles. The Labute approximate surface area is 127 Å². The van der Waals surface area contributed by atoms with E-state index in [4.69, 9.17) is 5.11 Å². The number of nitro groups is 1. The summed E-state index contributed by atoms with van der Waals surface area (Å²) in [6, 6.07) is 4.47. The first-order chi connectivity index (χ1) is 10.0. The fraction of sp³-hybridized carbons (Fsp3) is 0.500. The van der Waals surface area contributed by atoms with Gasteiger partial charge in [-0.25, -0.2) is 4.79 Å². The minimum atomic E-state index is -1.28. The number of carbonyl (C=O) groups is 1. The Kier molecular flexibility index (Phi) is 5.06. The number of hydrogen-bond acceptors (Lipinski definition) is 5. The number of carboxylic acids is 1. The lowest BCUT2D eigenvalue weighted by atomic mass is 10.1. The van der Waals surface area contributed by atoms with Crippen LogP contribution in [0.5, 0.6) is 0 Å². The van der Waals surface area contributed by atoms with Gasteiger partial charge in [0.2, 0.25) is 0 Å². The molecule has 7 heteroatoms. The van der Waals surface area contributed by atoms with Crippen LogP contribution >= 0.6 is 11.8 Å². The van der Waals surface area contributed by atoms with Crippen molar-refractivity contribution in [1.29, 1.82) is 0 Å². The standard InChI is InChI=1S/C14H18N2O4S/c1-2-21-11-5-3-9(7-11)15-10-4-6-13(16(19)20)12(8-10)14(17)18/h4,6,8-9,11,15H,2-3,5,7H2,1H3,(H,17,18). The first-order valence-electron chi connectivity index (χ1n) is 6.91. The summed E-state index contributed by atoms with van der Waals surface area (Å²) in [5, 5.41) is 23.8. The van der Waals surface area contributed by atoms with Gasteiger partial charge in [-0.3, -0.25) is 10.1 Å². The second-order valence-electron chi connectivity index (χ2n) is 5.03. The maximum absolute atomic E-state index is 11.1. The van der Waals surface area contributed by atoms with E-state index in [-0.39, 0.29) is 11.3 Å². The maximum atomic E-state index is 11.1. The Morgan fingerprint density at radius 3 is 2.90 bits per heavy atom. The van der Waals surface area contributed by atoms with Crippen molar-refractivity contribution in [3.8, 4) is 0 Å². The number of thioether (sulfide) groups is 1. The van der Waals surface area contributed by atoms with E-state index in [2.05, 4.69) is 12.2 Å². The third kappa shape index (κ3) is 3.87. The molecule has 0 radical (unpaired) electrons. The largest absolute Gasteiger partial charge is 0.477 e. The van der Waals surface area contributed by atoms with Crippen molar-refractivity contribution in [2.45, 2.75) is 37.5 Å². The number of aromatic carboxylic acids is 1. The van der Waals surface area contributed by atoms with Crippen LogP contribution in [-0.2, 0) is 0 Å². The Morgan fingerprint density at radius 2 is 2.29 bits per heavy atom. The Morgan fingerprint density at radius 1 is 1.52 bits per heavy atom. The van der Waals surface area contributed by atoms with Crippen molar-refractivity contribution in [2.75, 3.05) is 11.1 Å². The highest BCUT2D eigenvalue weighted by Gasteiger charge is 2.25. The van der Waals surface area contributed by atoms with Gasteiger partial charge in [0.1, 0.15) is 5.56 Å². The van der Waals surface area contributed by atoms with Crippen LogP contribution in [0.25, 0.3) is 0 Å². The summed E-state index contributed by atoms with van der Waals surface area (Å²) >= 11 is 1.94. The van der Waals surface area contributed by atoms with Crippen molar-refractivity contribution in [2.24, 2.45) is 0 Å². The van der Waals surface area contributed by atoms with E-state index < -0.39 is 10.9 Å². The van der Waals surface area contributed by atoms with E-state index in [9.17, 15) is 14.9 Å². The molecule has 2 unspecified atom stereocenters. The topological polar surface area (TPSA) is 92.5 Å². The number of rotatable bonds is 6. The smallest absolute Gasteiger partial charge is 0.342 e. The zero-order chi connectivity index (χ0) is 15.4. The Hall–Kier alpha value is -1.76. The van der Waals surface area contributed by atoms with Crippen molar-refractivity contribution in [3.63, 3.8) is 0 Å². The van der Waals surface area contributed by atoms with Crippen molar-refractivity contribution in [3.05, 3.63) is 33.9 Å². The van der Waals surface area contributed by atoms with E-state index in [1.165, 1.54) is 12.1 Å². The summed E-state index contributed by atoms with van der Waals surface area (Å²) in [7, 11) is 0. The number of benzene rings is 1. The maximum Gasteiger partial charge on any atom is 0.342 e. The van der Waals surface area contributed by atoms with Gasteiger partial charge in [0, 0.05) is 23.0 Å². The quantitative estimate of drug-likeness (QED) is 0.618. The van der Waals surface area contributed by atoms with E-state index in [0.29, 0.717) is 17.0 Å². The van der Waals surface area contributed by atoms with Crippen LogP contribution in [0.3, 0.4) is 0 Å². The zero-order valence-corrected chi connectivity index (χ0v) is 12.6. The summed E-state index contributed by atoms with van der Waals surface area (Å²) in [6.45, 7) is 2.14. The van der Waals surface area contributed by atoms with Crippen LogP contribution in [0.15, 0.2) is 18.2 Å². The molecular weight excluding hydrogens is 292 g/mol. The van der Waals surface area contributed by atoms with Gasteiger partial charge in [-0.2, -0.15) is 11.8 Å². The number of anilines is 1. The molecule has 0 aliphatic heterocycles. The minimum absolute atomic E-state index is 0.275. The molecule has 21 heavy (non-hydrogen) atoms. The normalized spacial score (nSPS) is 21.2. The van der Waals surface area contributed by atoms with Crippen molar-refractivity contribution >= 4 is 29.1 Å². The minimum Gasteiger partial charge on any atom is -0.477 e. The van der Waals surface area contributed by atoms with Gasteiger partial charge < -0.3 is 10.4 Å². The average Bonchev–Trinajstić information content (AvgIpc) is 2.86. The van der Waals surface area contributed by atoms with E-state index in [0.717, 1.165) is 25.0 Å². The van der Waals surface area contributed by atoms with Crippen LogP contribution in [0.2, 0.25) is 0 Å². The van der Waals surface area contributed by atoms with Crippen molar-refractivity contribution in [1.82, 2.24) is 0 Å². The van der Waals surface area contributed by atoms with Crippen molar-refractivity contribution < 1.29 is 14.8 Å². The molecule has 1 aliphatic rings. The van der Waals surface area contributed by atoms with Gasteiger partial charge >= 0.3 is 5.97 Å². The molecule has 2 N–H and O–H groups in total. The van der Waals surface area contributed by atoms with Crippen LogP contribution in [-0.4, -0.2) is 33.0 Å². The Bertz CT molecular complexity index is 550.